The quantitative estimate of drug-likeness (QED) is 0.477. The number of hydrogen-bond acceptors (Lipinski definition) is 7. The zero-order valence-electron chi connectivity index (χ0n) is 17.8. The van der Waals surface area contributed by atoms with Gasteiger partial charge in [0.2, 0.25) is 5.91 Å². The van der Waals surface area contributed by atoms with Crippen LogP contribution in [0.3, 0.4) is 0 Å². The van der Waals surface area contributed by atoms with E-state index in [2.05, 4.69) is 15.0 Å². The lowest BCUT2D eigenvalue weighted by Crippen LogP contribution is -2.29. The van der Waals surface area contributed by atoms with E-state index < -0.39 is 6.61 Å². The summed E-state index contributed by atoms with van der Waals surface area (Å²) in [7, 11) is 4.94. The van der Waals surface area contributed by atoms with Crippen LogP contribution in [0.1, 0.15) is 5.56 Å². The average molecular weight is 464 g/mol. The SMILES string of the molecule is COc1ccc(-c2csc(NC(=O)CN(C)Cc3ccc(OC(F)F)cc3)n2)c(OC)c1. The molecule has 1 N–H and O–H groups in total. The first-order valence-corrected chi connectivity index (χ1v) is 10.5. The Kier molecular flexibility index (Phi) is 7.96. The topological polar surface area (TPSA) is 72.9 Å². The summed E-state index contributed by atoms with van der Waals surface area (Å²) in [6.07, 6.45) is 0. The Morgan fingerprint density at radius 1 is 1.12 bits per heavy atom. The van der Waals surface area contributed by atoms with Crippen LogP contribution >= 0.6 is 11.3 Å². The molecular weight excluding hydrogens is 440 g/mol. The largest absolute Gasteiger partial charge is 0.497 e. The van der Waals surface area contributed by atoms with Gasteiger partial charge in [-0.1, -0.05) is 12.1 Å². The Morgan fingerprint density at radius 2 is 1.84 bits per heavy atom. The number of anilines is 1. The maximum Gasteiger partial charge on any atom is 0.387 e. The van der Waals surface area contributed by atoms with Crippen molar-refractivity contribution in [1.82, 2.24) is 9.88 Å². The first-order valence-electron chi connectivity index (χ1n) is 9.58. The van der Waals surface area contributed by atoms with Crippen LogP contribution in [0.15, 0.2) is 47.8 Å². The van der Waals surface area contributed by atoms with Crippen molar-refractivity contribution < 1.29 is 27.8 Å². The highest BCUT2D eigenvalue weighted by atomic mass is 32.1. The van der Waals surface area contributed by atoms with E-state index in [0.717, 1.165) is 11.1 Å². The highest BCUT2D eigenvalue weighted by molar-refractivity contribution is 7.14. The van der Waals surface area contributed by atoms with Crippen molar-refractivity contribution in [3.63, 3.8) is 0 Å². The Labute approximate surface area is 188 Å². The Balaban J connectivity index is 1.56. The summed E-state index contributed by atoms with van der Waals surface area (Å²) in [6, 6.07) is 11.7. The molecule has 0 saturated carbocycles. The molecule has 0 spiro atoms. The predicted molar refractivity (Wildman–Crippen MR) is 119 cm³/mol. The lowest BCUT2D eigenvalue weighted by molar-refractivity contribution is -0.117. The second-order valence-electron chi connectivity index (χ2n) is 6.85. The van der Waals surface area contributed by atoms with E-state index >= 15 is 0 Å². The van der Waals surface area contributed by atoms with E-state index in [1.54, 1.807) is 44.4 Å². The van der Waals surface area contributed by atoms with Gasteiger partial charge >= 0.3 is 6.61 Å². The second kappa shape index (κ2) is 10.9. The van der Waals surface area contributed by atoms with Gasteiger partial charge in [0.15, 0.2) is 5.13 Å². The lowest BCUT2D eigenvalue weighted by atomic mass is 10.1. The highest BCUT2D eigenvalue weighted by Gasteiger charge is 2.14. The van der Waals surface area contributed by atoms with Gasteiger partial charge in [-0.3, -0.25) is 9.69 Å². The molecule has 2 aromatic carbocycles. The van der Waals surface area contributed by atoms with Crippen molar-refractivity contribution in [2.24, 2.45) is 0 Å². The van der Waals surface area contributed by atoms with Gasteiger partial charge < -0.3 is 19.5 Å². The van der Waals surface area contributed by atoms with Crippen molar-refractivity contribution in [2.75, 3.05) is 33.1 Å². The van der Waals surface area contributed by atoms with Crippen molar-refractivity contribution in [1.29, 1.82) is 0 Å². The Hall–Kier alpha value is -3.24. The van der Waals surface area contributed by atoms with Crippen molar-refractivity contribution in [3.05, 3.63) is 53.4 Å². The van der Waals surface area contributed by atoms with Crippen LogP contribution in [0.2, 0.25) is 0 Å². The predicted octanol–water partition coefficient (Wildman–Crippen LogP) is 4.50. The van der Waals surface area contributed by atoms with E-state index in [4.69, 9.17) is 9.47 Å². The molecule has 0 aliphatic carbocycles. The monoisotopic (exact) mass is 463 g/mol. The molecule has 3 rings (SSSR count). The summed E-state index contributed by atoms with van der Waals surface area (Å²) in [6.45, 7) is -2.26. The third kappa shape index (κ3) is 6.38. The normalized spacial score (nSPS) is 11.0. The molecule has 170 valence electrons. The van der Waals surface area contributed by atoms with Gasteiger partial charge in [0.25, 0.3) is 0 Å². The summed E-state index contributed by atoms with van der Waals surface area (Å²) >= 11 is 1.32. The number of aromatic nitrogens is 1. The fraction of sp³-hybridized carbons (Fsp3) is 0.273. The number of carbonyl (C=O) groups excluding carboxylic acids is 1. The van der Waals surface area contributed by atoms with Gasteiger partial charge in [0.1, 0.15) is 17.2 Å². The molecule has 0 aliphatic heterocycles. The number of alkyl halides is 2. The number of likely N-dealkylation sites (N-methyl/N-ethyl adjacent to an activating group) is 1. The van der Waals surface area contributed by atoms with E-state index in [1.165, 1.54) is 23.5 Å². The van der Waals surface area contributed by atoms with Crippen molar-refractivity contribution in [2.45, 2.75) is 13.2 Å². The van der Waals surface area contributed by atoms with Gasteiger partial charge in [-0.25, -0.2) is 4.98 Å². The van der Waals surface area contributed by atoms with Crippen LogP contribution in [-0.4, -0.2) is 50.2 Å². The van der Waals surface area contributed by atoms with E-state index in [-0.39, 0.29) is 18.2 Å². The van der Waals surface area contributed by atoms with Crippen LogP contribution in [0, 0.1) is 0 Å². The number of amides is 1. The molecule has 10 heteroatoms. The molecule has 3 aromatic rings. The number of benzene rings is 2. The average Bonchev–Trinajstić information content (AvgIpc) is 3.22. The van der Waals surface area contributed by atoms with E-state index in [1.807, 2.05) is 17.5 Å². The van der Waals surface area contributed by atoms with Crippen LogP contribution in [0.5, 0.6) is 17.2 Å². The number of ether oxygens (including phenoxy) is 3. The summed E-state index contributed by atoms with van der Waals surface area (Å²) in [4.78, 5) is 18.7. The zero-order chi connectivity index (χ0) is 23.1. The Morgan fingerprint density at radius 3 is 2.50 bits per heavy atom. The molecule has 0 radical (unpaired) electrons. The molecule has 0 unspecified atom stereocenters. The summed E-state index contributed by atoms with van der Waals surface area (Å²) in [5.74, 6) is 1.18. The number of nitrogens with one attached hydrogen (secondary N) is 1. The van der Waals surface area contributed by atoms with Gasteiger partial charge in [0, 0.05) is 23.6 Å². The van der Waals surface area contributed by atoms with Crippen LogP contribution in [0.25, 0.3) is 11.3 Å². The minimum atomic E-state index is -2.86. The Bertz CT molecular complexity index is 1040. The minimum Gasteiger partial charge on any atom is -0.497 e. The number of rotatable bonds is 10. The molecule has 32 heavy (non-hydrogen) atoms. The molecular formula is C22H23F2N3O4S. The third-order valence-corrected chi connectivity index (χ3v) is 5.21. The van der Waals surface area contributed by atoms with Crippen LogP contribution in [0.4, 0.5) is 13.9 Å². The number of thiazole rings is 1. The standard InChI is InChI=1S/C22H23F2N3O4S/c1-27(11-14-4-6-15(7-5-14)31-21(23)24)12-20(28)26-22-25-18(13-32-22)17-9-8-16(29-2)10-19(17)30-3/h4-10,13,21H,11-12H2,1-3H3,(H,25,26,28). The number of carbonyl (C=O) groups is 1. The first-order chi connectivity index (χ1) is 15.4. The van der Waals surface area contributed by atoms with E-state index in [0.29, 0.717) is 28.9 Å². The second-order valence-corrected chi connectivity index (χ2v) is 7.71. The number of halogens is 2. The van der Waals surface area contributed by atoms with Gasteiger partial charge in [-0.05, 0) is 36.9 Å². The van der Waals surface area contributed by atoms with Crippen LogP contribution in [-0.2, 0) is 11.3 Å². The van der Waals surface area contributed by atoms with E-state index in [9.17, 15) is 13.6 Å². The highest BCUT2D eigenvalue weighted by Crippen LogP contribution is 2.34. The minimum absolute atomic E-state index is 0.0946. The number of methoxy groups -OCH3 is 2. The van der Waals surface area contributed by atoms with Crippen molar-refractivity contribution in [3.8, 4) is 28.5 Å². The third-order valence-electron chi connectivity index (χ3n) is 4.45. The van der Waals surface area contributed by atoms with Gasteiger partial charge in [0.05, 0.1) is 26.5 Å². The molecule has 0 fully saturated rings. The molecule has 0 saturated heterocycles. The fourth-order valence-electron chi connectivity index (χ4n) is 3.01. The summed E-state index contributed by atoms with van der Waals surface area (Å²) < 4.78 is 39.4. The van der Waals surface area contributed by atoms with Gasteiger partial charge in [-0.2, -0.15) is 8.78 Å². The maximum atomic E-state index is 12.4. The molecule has 7 nitrogen and oxygen atoms in total. The molecule has 0 bridgehead atoms. The molecule has 1 heterocycles. The molecule has 0 aliphatic rings. The smallest absolute Gasteiger partial charge is 0.387 e. The summed E-state index contributed by atoms with van der Waals surface area (Å²) in [5, 5.41) is 5.11. The fourth-order valence-corrected chi connectivity index (χ4v) is 3.74. The maximum absolute atomic E-state index is 12.4. The number of hydrogen-bond donors (Lipinski definition) is 1. The molecule has 1 amide bonds. The first kappa shape index (κ1) is 23.4. The molecule has 1 aromatic heterocycles. The lowest BCUT2D eigenvalue weighted by Gasteiger charge is -2.16. The number of nitrogens with zero attached hydrogens (tertiary/aromatic N) is 2. The zero-order valence-corrected chi connectivity index (χ0v) is 18.6. The van der Waals surface area contributed by atoms with Crippen molar-refractivity contribution >= 4 is 22.4 Å². The van der Waals surface area contributed by atoms with Crippen LogP contribution < -0.4 is 19.5 Å². The summed E-state index contributed by atoms with van der Waals surface area (Å²) in [5.41, 5.74) is 2.34. The van der Waals surface area contributed by atoms with Gasteiger partial charge in [-0.15, -0.1) is 11.3 Å². The molecule has 0 atom stereocenters.